The Bertz CT molecular complexity index is 295. The number of methoxy groups -OCH3 is 1. The molecule has 0 aromatic rings. The average Bonchev–Trinajstić information content (AvgIpc) is 2.31. The number of hydrogen-bond acceptors (Lipinski definition) is 3. The van der Waals surface area contributed by atoms with Gasteiger partial charge in [-0.2, -0.15) is 0 Å². The van der Waals surface area contributed by atoms with Gasteiger partial charge < -0.3 is 4.74 Å². The van der Waals surface area contributed by atoms with Crippen molar-refractivity contribution in [3.05, 3.63) is 23.6 Å². The van der Waals surface area contributed by atoms with Gasteiger partial charge in [0.05, 0.1) is 7.11 Å². The van der Waals surface area contributed by atoms with Gasteiger partial charge >= 0.3 is 5.97 Å². The van der Waals surface area contributed by atoms with Crippen molar-refractivity contribution in [2.75, 3.05) is 12.9 Å². The summed E-state index contributed by atoms with van der Waals surface area (Å²) in [6.07, 6.45) is 8.14. The Balaban J connectivity index is 3.36. The van der Waals surface area contributed by atoms with Crippen molar-refractivity contribution >= 4 is 17.7 Å². The second-order valence-electron chi connectivity index (χ2n) is 2.94. The SMILES string of the molecule is CC#CC/C=C\C=C\SCCCC(=O)OC. The molecule has 0 unspecified atom stereocenters. The van der Waals surface area contributed by atoms with Crippen molar-refractivity contribution in [2.24, 2.45) is 0 Å². The summed E-state index contributed by atoms with van der Waals surface area (Å²) in [4.78, 5) is 10.8. The van der Waals surface area contributed by atoms with Gasteiger partial charge in [-0.25, -0.2) is 0 Å². The first-order valence-corrected chi connectivity index (χ1v) is 6.25. The fourth-order valence-electron chi connectivity index (χ4n) is 0.878. The van der Waals surface area contributed by atoms with Gasteiger partial charge in [0.2, 0.25) is 0 Å². The molecule has 0 heterocycles. The van der Waals surface area contributed by atoms with Crippen LogP contribution in [0.4, 0.5) is 0 Å². The van der Waals surface area contributed by atoms with Crippen molar-refractivity contribution in [3.8, 4) is 11.8 Å². The standard InChI is InChI=1S/C13H18O2S/c1-3-4-5-6-7-8-11-16-12-9-10-13(14)15-2/h6-8,11H,5,9-10,12H2,1-2H3/b7-6-,11-8+. The summed E-state index contributed by atoms with van der Waals surface area (Å²) in [6.45, 7) is 1.83. The van der Waals surface area contributed by atoms with E-state index >= 15 is 0 Å². The van der Waals surface area contributed by atoms with Crippen LogP contribution in [0.3, 0.4) is 0 Å². The zero-order valence-corrected chi connectivity index (χ0v) is 10.7. The third-order valence-electron chi connectivity index (χ3n) is 1.69. The molecule has 3 heteroatoms. The molecule has 0 aliphatic rings. The number of ether oxygens (including phenoxy) is 1. The van der Waals surface area contributed by atoms with Gasteiger partial charge in [-0.15, -0.1) is 17.7 Å². The second-order valence-corrected chi connectivity index (χ2v) is 3.95. The van der Waals surface area contributed by atoms with E-state index in [1.165, 1.54) is 7.11 Å². The number of carbonyl (C=O) groups is 1. The minimum atomic E-state index is -0.136. The maximum Gasteiger partial charge on any atom is 0.305 e. The normalized spacial score (nSPS) is 10.4. The Hall–Kier alpha value is -1.14. The summed E-state index contributed by atoms with van der Waals surface area (Å²) in [7, 11) is 1.42. The first-order valence-electron chi connectivity index (χ1n) is 5.21. The van der Waals surface area contributed by atoms with Crippen LogP contribution in [0.1, 0.15) is 26.2 Å². The van der Waals surface area contributed by atoms with E-state index in [4.69, 9.17) is 0 Å². The van der Waals surface area contributed by atoms with Crippen LogP contribution in [-0.2, 0) is 9.53 Å². The maximum atomic E-state index is 10.8. The number of esters is 1. The summed E-state index contributed by atoms with van der Waals surface area (Å²) in [5.41, 5.74) is 0. The summed E-state index contributed by atoms with van der Waals surface area (Å²) < 4.78 is 4.54. The van der Waals surface area contributed by atoms with E-state index in [2.05, 4.69) is 16.6 Å². The first kappa shape index (κ1) is 14.9. The third kappa shape index (κ3) is 10.9. The van der Waals surface area contributed by atoms with E-state index in [9.17, 15) is 4.79 Å². The monoisotopic (exact) mass is 238 g/mol. The average molecular weight is 238 g/mol. The molecule has 0 aliphatic heterocycles. The van der Waals surface area contributed by atoms with E-state index in [0.717, 1.165) is 18.6 Å². The van der Waals surface area contributed by atoms with Crippen molar-refractivity contribution in [2.45, 2.75) is 26.2 Å². The molecule has 2 nitrogen and oxygen atoms in total. The van der Waals surface area contributed by atoms with Gasteiger partial charge in [0, 0.05) is 12.8 Å². The zero-order valence-electron chi connectivity index (χ0n) is 9.86. The van der Waals surface area contributed by atoms with Gasteiger partial charge in [0.1, 0.15) is 0 Å². The summed E-state index contributed by atoms with van der Waals surface area (Å²) >= 11 is 1.69. The van der Waals surface area contributed by atoms with E-state index in [1.807, 2.05) is 30.6 Å². The fraction of sp³-hybridized carbons (Fsp3) is 0.462. The third-order valence-corrected chi connectivity index (χ3v) is 2.56. The van der Waals surface area contributed by atoms with Gasteiger partial charge in [-0.05, 0) is 24.5 Å². The first-order chi connectivity index (χ1) is 7.81. The Morgan fingerprint density at radius 2 is 2.25 bits per heavy atom. The van der Waals surface area contributed by atoms with Crippen LogP contribution in [0, 0.1) is 11.8 Å². The lowest BCUT2D eigenvalue weighted by atomic mass is 10.3. The van der Waals surface area contributed by atoms with Crippen LogP contribution in [0.2, 0.25) is 0 Å². The number of allylic oxidation sites excluding steroid dienone is 3. The molecule has 0 fully saturated rings. The van der Waals surface area contributed by atoms with E-state index in [1.54, 1.807) is 11.8 Å². The molecule has 0 bridgehead atoms. The highest BCUT2D eigenvalue weighted by Crippen LogP contribution is 2.06. The molecule has 0 amide bonds. The Labute approximate surface area is 102 Å². The Morgan fingerprint density at radius 3 is 2.94 bits per heavy atom. The molecule has 0 saturated carbocycles. The highest BCUT2D eigenvalue weighted by Gasteiger charge is 1.97. The van der Waals surface area contributed by atoms with Crippen molar-refractivity contribution in [1.29, 1.82) is 0 Å². The zero-order chi connectivity index (χ0) is 12.1. The van der Waals surface area contributed by atoms with Gasteiger partial charge in [-0.1, -0.05) is 24.1 Å². The Kier molecular flexibility index (Phi) is 11.1. The lowest BCUT2D eigenvalue weighted by Crippen LogP contribution is -1.99. The number of hydrogen-bond donors (Lipinski definition) is 0. The van der Waals surface area contributed by atoms with Gasteiger partial charge in [0.25, 0.3) is 0 Å². The molecule has 0 spiro atoms. The minimum absolute atomic E-state index is 0.136. The number of rotatable bonds is 7. The summed E-state index contributed by atoms with van der Waals surface area (Å²) in [5.74, 6) is 6.58. The predicted molar refractivity (Wildman–Crippen MR) is 70.1 cm³/mol. The van der Waals surface area contributed by atoms with Gasteiger partial charge in [0.15, 0.2) is 0 Å². The van der Waals surface area contributed by atoms with E-state index < -0.39 is 0 Å². The summed E-state index contributed by atoms with van der Waals surface area (Å²) in [6, 6.07) is 0. The molecular formula is C13H18O2S. The van der Waals surface area contributed by atoms with Crippen LogP contribution in [0.25, 0.3) is 0 Å². The minimum Gasteiger partial charge on any atom is -0.469 e. The maximum absolute atomic E-state index is 10.8. The lowest BCUT2D eigenvalue weighted by molar-refractivity contribution is -0.140. The fourth-order valence-corrected chi connectivity index (χ4v) is 1.53. The molecule has 0 N–H and O–H groups in total. The van der Waals surface area contributed by atoms with Crippen LogP contribution >= 0.6 is 11.8 Å². The molecule has 0 saturated heterocycles. The molecule has 0 aromatic carbocycles. The molecule has 0 aliphatic carbocycles. The molecule has 0 atom stereocenters. The van der Waals surface area contributed by atoms with Crippen molar-refractivity contribution in [3.63, 3.8) is 0 Å². The van der Waals surface area contributed by atoms with Gasteiger partial charge in [-0.3, -0.25) is 4.79 Å². The van der Waals surface area contributed by atoms with Crippen LogP contribution < -0.4 is 0 Å². The molecular weight excluding hydrogens is 220 g/mol. The topological polar surface area (TPSA) is 26.3 Å². The number of thioether (sulfide) groups is 1. The smallest absolute Gasteiger partial charge is 0.305 e. The van der Waals surface area contributed by atoms with Crippen molar-refractivity contribution in [1.82, 2.24) is 0 Å². The molecule has 0 radical (unpaired) electrons. The lowest BCUT2D eigenvalue weighted by Gasteiger charge is -1.96. The quantitative estimate of drug-likeness (QED) is 0.295. The van der Waals surface area contributed by atoms with E-state index in [-0.39, 0.29) is 5.97 Å². The van der Waals surface area contributed by atoms with Crippen LogP contribution in [0.5, 0.6) is 0 Å². The molecule has 88 valence electrons. The summed E-state index contributed by atoms with van der Waals surface area (Å²) in [5, 5.41) is 2.02. The van der Waals surface area contributed by atoms with Crippen LogP contribution in [-0.4, -0.2) is 18.8 Å². The Morgan fingerprint density at radius 1 is 1.44 bits per heavy atom. The number of carbonyl (C=O) groups excluding carboxylic acids is 1. The predicted octanol–water partition coefficient (Wildman–Crippen LogP) is 3.16. The van der Waals surface area contributed by atoms with E-state index in [0.29, 0.717) is 6.42 Å². The van der Waals surface area contributed by atoms with Crippen molar-refractivity contribution < 1.29 is 9.53 Å². The molecule has 16 heavy (non-hydrogen) atoms. The molecule has 0 rings (SSSR count). The molecule has 0 aromatic heterocycles. The highest BCUT2D eigenvalue weighted by molar-refractivity contribution is 8.02. The second kappa shape index (κ2) is 11.9. The largest absolute Gasteiger partial charge is 0.469 e. The highest BCUT2D eigenvalue weighted by atomic mass is 32.2. The van der Waals surface area contributed by atoms with Crippen LogP contribution in [0.15, 0.2) is 23.6 Å².